The molecular weight excluding hydrogens is 234 g/mol. The highest BCUT2D eigenvalue weighted by Crippen LogP contribution is 2.11. The Morgan fingerprint density at radius 1 is 1.35 bits per heavy atom. The van der Waals surface area contributed by atoms with Crippen molar-refractivity contribution in [3.05, 3.63) is 54.1 Å². The number of nitrogens with zero attached hydrogens (tertiary/aromatic N) is 1. The molecule has 1 rings (SSSR count). The highest BCUT2D eigenvalue weighted by atomic mass is 32.2. The molecule has 17 heavy (non-hydrogen) atoms. The van der Waals surface area contributed by atoms with E-state index >= 15 is 0 Å². The van der Waals surface area contributed by atoms with Crippen LogP contribution in [0.25, 0.3) is 0 Å². The first-order valence-corrected chi connectivity index (χ1v) is 6.72. The summed E-state index contributed by atoms with van der Waals surface area (Å²) in [5.74, 6) is -0.0569. The van der Waals surface area contributed by atoms with Gasteiger partial charge in [-0.05, 0) is 25.1 Å². The topological polar surface area (TPSA) is 57.9 Å². The summed E-state index contributed by atoms with van der Waals surface area (Å²) >= 11 is 0. The molecule has 0 aromatic heterocycles. The van der Waals surface area contributed by atoms with E-state index in [0.717, 1.165) is 5.57 Å². The van der Waals surface area contributed by atoms with Gasteiger partial charge in [0, 0.05) is 6.08 Å². The summed E-state index contributed by atoms with van der Waals surface area (Å²) in [6.07, 6.45) is 4.50. The van der Waals surface area contributed by atoms with Gasteiger partial charge in [0.1, 0.15) is 0 Å². The Morgan fingerprint density at radius 3 is 2.59 bits per heavy atom. The Kier molecular flexibility index (Phi) is 4.68. The molecule has 1 aromatic rings. The van der Waals surface area contributed by atoms with Gasteiger partial charge in [-0.1, -0.05) is 29.8 Å². The molecular formula is C13H13NO2S. The van der Waals surface area contributed by atoms with Crippen LogP contribution in [0.2, 0.25) is 0 Å². The van der Waals surface area contributed by atoms with Crippen molar-refractivity contribution in [1.29, 1.82) is 5.26 Å². The third kappa shape index (κ3) is 4.25. The van der Waals surface area contributed by atoms with Crippen LogP contribution in [0, 0.1) is 11.3 Å². The lowest BCUT2D eigenvalue weighted by atomic mass is 10.3. The second kappa shape index (κ2) is 6.02. The van der Waals surface area contributed by atoms with Crippen molar-refractivity contribution < 1.29 is 8.42 Å². The van der Waals surface area contributed by atoms with Crippen LogP contribution in [0.5, 0.6) is 0 Å². The van der Waals surface area contributed by atoms with Crippen molar-refractivity contribution in [1.82, 2.24) is 0 Å². The van der Waals surface area contributed by atoms with Crippen LogP contribution in [0.4, 0.5) is 0 Å². The summed E-state index contributed by atoms with van der Waals surface area (Å²) in [6.45, 7) is 1.76. The zero-order valence-corrected chi connectivity index (χ0v) is 10.3. The molecule has 0 heterocycles. The van der Waals surface area contributed by atoms with Gasteiger partial charge >= 0.3 is 0 Å². The van der Waals surface area contributed by atoms with E-state index < -0.39 is 9.84 Å². The lowest BCUT2D eigenvalue weighted by molar-refractivity contribution is 0.599. The third-order valence-electron chi connectivity index (χ3n) is 2.15. The number of allylic oxidation sites excluding steroid dienone is 3. The average Bonchev–Trinajstić information content (AvgIpc) is 2.35. The Balaban J connectivity index is 2.83. The number of sulfone groups is 1. The first-order chi connectivity index (χ1) is 8.06. The van der Waals surface area contributed by atoms with Gasteiger partial charge in [-0.2, -0.15) is 5.26 Å². The summed E-state index contributed by atoms with van der Waals surface area (Å²) in [7, 11) is -3.27. The van der Waals surface area contributed by atoms with Crippen LogP contribution < -0.4 is 0 Å². The molecule has 3 nitrogen and oxygen atoms in total. The molecule has 0 spiro atoms. The Hall–Kier alpha value is -1.86. The van der Waals surface area contributed by atoms with Gasteiger partial charge in [0.15, 0.2) is 9.84 Å². The molecule has 1 aromatic carbocycles. The SMILES string of the molecule is CC(/C=C/C#N)=C\CS(=O)(=O)c1ccccc1. The van der Waals surface area contributed by atoms with Crippen LogP contribution >= 0.6 is 0 Å². The van der Waals surface area contributed by atoms with Crippen LogP contribution in [0.15, 0.2) is 59.0 Å². The van der Waals surface area contributed by atoms with Crippen molar-refractivity contribution in [2.75, 3.05) is 5.75 Å². The van der Waals surface area contributed by atoms with E-state index in [-0.39, 0.29) is 5.75 Å². The quantitative estimate of drug-likeness (QED) is 0.606. The molecule has 4 heteroatoms. The summed E-state index contributed by atoms with van der Waals surface area (Å²) in [5.41, 5.74) is 0.756. The van der Waals surface area contributed by atoms with Crippen molar-refractivity contribution in [2.24, 2.45) is 0 Å². The minimum Gasteiger partial charge on any atom is -0.223 e. The molecule has 0 bridgehead atoms. The van der Waals surface area contributed by atoms with Gasteiger partial charge in [0.2, 0.25) is 0 Å². The molecule has 0 atom stereocenters. The molecule has 0 unspecified atom stereocenters. The molecule has 0 aliphatic rings. The van der Waals surface area contributed by atoms with Crippen LogP contribution in [0.3, 0.4) is 0 Å². The molecule has 0 saturated carbocycles. The van der Waals surface area contributed by atoms with E-state index in [2.05, 4.69) is 0 Å². The number of benzene rings is 1. The molecule has 0 radical (unpaired) electrons. The smallest absolute Gasteiger partial charge is 0.181 e. The molecule has 0 N–H and O–H groups in total. The zero-order chi connectivity index (χ0) is 12.7. The Morgan fingerprint density at radius 2 is 2.00 bits per heavy atom. The van der Waals surface area contributed by atoms with Crippen LogP contribution in [-0.2, 0) is 9.84 Å². The normalized spacial score (nSPS) is 12.6. The Bertz CT molecular complexity index is 563. The summed E-state index contributed by atoms with van der Waals surface area (Å²) in [5, 5.41) is 8.34. The maximum absolute atomic E-state index is 11.9. The van der Waals surface area contributed by atoms with Gasteiger partial charge in [-0.3, -0.25) is 0 Å². The molecule has 0 saturated heterocycles. The van der Waals surface area contributed by atoms with E-state index in [9.17, 15) is 8.42 Å². The zero-order valence-electron chi connectivity index (χ0n) is 9.50. The van der Waals surface area contributed by atoms with E-state index in [1.54, 1.807) is 49.4 Å². The second-order valence-electron chi connectivity index (χ2n) is 3.51. The van der Waals surface area contributed by atoms with E-state index in [1.165, 1.54) is 6.08 Å². The van der Waals surface area contributed by atoms with Crippen molar-refractivity contribution >= 4 is 9.84 Å². The van der Waals surface area contributed by atoms with Gasteiger partial charge in [-0.15, -0.1) is 0 Å². The largest absolute Gasteiger partial charge is 0.223 e. The van der Waals surface area contributed by atoms with Gasteiger partial charge < -0.3 is 0 Å². The first-order valence-electron chi connectivity index (χ1n) is 5.07. The van der Waals surface area contributed by atoms with Crippen molar-refractivity contribution in [3.63, 3.8) is 0 Å². The van der Waals surface area contributed by atoms with Gasteiger partial charge in [0.25, 0.3) is 0 Å². The average molecular weight is 247 g/mol. The Labute approximate surface area is 102 Å². The maximum Gasteiger partial charge on any atom is 0.181 e. The fraction of sp³-hybridized carbons (Fsp3) is 0.154. The predicted octanol–water partition coefficient (Wildman–Crippen LogP) is 2.49. The molecule has 0 aliphatic heterocycles. The highest BCUT2D eigenvalue weighted by Gasteiger charge is 2.11. The van der Waals surface area contributed by atoms with Gasteiger partial charge in [0.05, 0.1) is 16.7 Å². The van der Waals surface area contributed by atoms with Crippen molar-refractivity contribution in [3.8, 4) is 6.07 Å². The summed E-state index contributed by atoms with van der Waals surface area (Å²) < 4.78 is 23.8. The van der Waals surface area contributed by atoms with E-state index in [4.69, 9.17) is 5.26 Å². The summed E-state index contributed by atoms with van der Waals surface area (Å²) in [4.78, 5) is 0.313. The highest BCUT2D eigenvalue weighted by molar-refractivity contribution is 7.91. The van der Waals surface area contributed by atoms with E-state index in [0.29, 0.717) is 4.90 Å². The van der Waals surface area contributed by atoms with Crippen LogP contribution in [0.1, 0.15) is 6.92 Å². The molecule has 88 valence electrons. The first kappa shape index (κ1) is 13.2. The number of nitriles is 1. The number of rotatable bonds is 4. The lowest BCUT2D eigenvalue weighted by Crippen LogP contribution is -2.04. The van der Waals surface area contributed by atoms with Gasteiger partial charge in [-0.25, -0.2) is 8.42 Å². The minimum absolute atomic E-state index is 0.0569. The van der Waals surface area contributed by atoms with Crippen molar-refractivity contribution in [2.45, 2.75) is 11.8 Å². The second-order valence-corrected chi connectivity index (χ2v) is 5.54. The molecule has 0 fully saturated rings. The molecule has 0 amide bonds. The minimum atomic E-state index is -3.27. The lowest BCUT2D eigenvalue weighted by Gasteiger charge is -2.00. The fourth-order valence-corrected chi connectivity index (χ4v) is 2.45. The summed E-state index contributed by atoms with van der Waals surface area (Å²) in [6, 6.07) is 10.2. The number of hydrogen-bond acceptors (Lipinski definition) is 3. The third-order valence-corrected chi connectivity index (χ3v) is 3.74. The van der Waals surface area contributed by atoms with Crippen LogP contribution in [-0.4, -0.2) is 14.2 Å². The molecule has 0 aliphatic carbocycles. The van der Waals surface area contributed by atoms with E-state index in [1.807, 2.05) is 6.07 Å². The standard InChI is InChI=1S/C13H13NO2S/c1-12(6-5-10-14)9-11-17(15,16)13-7-3-2-4-8-13/h2-9H,11H2,1H3/b6-5+,12-9+. The monoisotopic (exact) mass is 247 g/mol. The fourth-order valence-electron chi connectivity index (χ4n) is 1.20. The predicted molar refractivity (Wildman–Crippen MR) is 67.0 cm³/mol. The maximum atomic E-state index is 11.9. The number of hydrogen-bond donors (Lipinski definition) is 0.